The van der Waals surface area contributed by atoms with Crippen LogP contribution >= 0.6 is 23.2 Å². The minimum atomic E-state index is -0.704. The van der Waals surface area contributed by atoms with Crippen LogP contribution in [0.4, 0.5) is 20.7 Å². The number of halogens is 3. The Hall–Kier alpha value is -3.56. The smallest absolute Gasteiger partial charge is 0.319 e. The molecule has 1 saturated heterocycles. The lowest BCUT2D eigenvalue weighted by Crippen LogP contribution is -2.50. The number of nitrogens with one attached hydrogen (secondary N) is 1. The van der Waals surface area contributed by atoms with E-state index in [4.69, 9.17) is 33.7 Å². The number of hydrogen-bond donors (Lipinski definition) is 2. The van der Waals surface area contributed by atoms with Crippen LogP contribution in [-0.2, 0) is 10.2 Å². The summed E-state index contributed by atoms with van der Waals surface area (Å²) in [5, 5.41) is 3.20. The fourth-order valence-electron chi connectivity index (χ4n) is 5.34. The predicted octanol–water partition coefficient (Wildman–Crippen LogP) is 5.88. The van der Waals surface area contributed by atoms with Crippen molar-refractivity contribution in [3.63, 3.8) is 0 Å². The van der Waals surface area contributed by atoms with Gasteiger partial charge in [0, 0.05) is 55.2 Å². The van der Waals surface area contributed by atoms with Crippen molar-refractivity contribution in [1.82, 2.24) is 14.8 Å². The number of ether oxygens (including phenoxy) is 1. The van der Waals surface area contributed by atoms with Gasteiger partial charge in [0.1, 0.15) is 11.9 Å². The molecule has 2 aliphatic rings. The lowest BCUT2D eigenvalue weighted by atomic mass is 9.73. The number of benzene rings is 2. The van der Waals surface area contributed by atoms with Gasteiger partial charge >= 0.3 is 6.03 Å². The second kappa shape index (κ2) is 10.2. The number of nitrogen functional groups attached to an aromatic ring is 1. The molecule has 1 spiro atoms. The zero-order valence-corrected chi connectivity index (χ0v) is 23.2. The van der Waals surface area contributed by atoms with Crippen molar-refractivity contribution in [3.8, 4) is 16.9 Å². The van der Waals surface area contributed by atoms with Gasteiger partial charge in [-0.2, -0.15) is 0 Å². The molecule has 0 bridgehead atoms. The zero-order chi connectivity index (χ0) is 28.1. The van der Waals surface area contributed by atoms with Gasteiger partial charge in [0.25, 0.3) is 0 Å². The molecule has 11 heteroatoms. The molecule has 2 aromatic carbocycles. The van der Waals surface area contributed by atoms with E-state index in [-0.39, 0.29) is 33.6 Å². The second-order valence-electron chi connectivity index (χ2n) is 10.1. The SMILES string of the molecule is C[C@@H](Oc1cc(-c2ccc3c(c2)NC(=O)C32CCN(C(=O)N(C)C)CC2)cnc1N)c1c(Cl)ccc(F)c1Cl. The number of anilines is 2. The summed E-state index contributed by atoms with van der Waals surface area (Å²) in [7, 11) is 3.45. The van der Waals surface area contributed by atoms with Gasteiger partial charge in [0.05, 0.1) is 10.4 Å². The summed E-state index contributed by atoms with van der Waals surface area (Å²) in [6, 6.07) is 10.1. The number of carbonyl (C=O) groups is 2. The third kappa shape index (κ3) is 4.74. The average Bonchev–Trinajstić information content (AvgIpc) is 3.17. The molecule has 2 aliphatic heterocycles. The van der Waals surface area contributed by atoms with E-state index < -0.39 is 17.3 Å². The maximum absolute atomic E-state index is 14.0. The van der Waals surface area contributed by atoms with Gasteiger partial charge in [-0.15, -0.1) is 0 Å². The minimum absolute atomic E-state index is 0.0519. The molecule has 1 atom stereocenters. The lowest BCUT2D eigenvalue weighted by Gasteiger charge is -2.38. The van der Waals surface area contributed by atoms with Crippen molar-refractivity contribution >= 4 is 46.6 Å². The molecule has 0 aliphatic carbocycles. The first-order valence-electron chi connectivity index (χ1n) is 12.5. The van der Waals surface area contributed by atoms with E-state index in [0.29, 0.717) is 37.1 Å². The number of likely N-dealkylation sites (tertiary alicyclic amines) is 1. The summed E-state index contributed by atoms with van der Waals surface area (Å²) < 4.78 is 20.1. The summed E-state index contributed by atoms with van der Waals surface area (Å²) in [4.78, 5) is 33.2. The van der Waals surface area contributed by atoms with E-state index in [2.05, 4.69) is 10.3 Å². The number of nitrogens with two attached hydrogens (primary N) is 1. The number of rotatable bonds is 4. The van der Waals surface area contributed by atoms with Crippen molar-refractivity contribution in [1.29, 1.82) is 0 Å². The van der Waals surface area contributed by atoms with Gasteiger partial charge in [-0.1, -0.05) is 35.3 Å². The molecular formula is C28H28Cl2FN5O3. The number of fused-ring (bicyclic) bond motifs is 2. The number of aromatic nitrogens is 1. The summed E-state index contributed by atoms with van der Waals surface area (Å²) in [6.07, 6.45) is 2.02. The van der Waals surface area contributed by atoms with Gasteiger partial charge in [-0.3, -0.25) is 4.79 Å². The number of amides is 3. The van der Waals surface area contributed by atoms with E-state index in [0.717, 1.165) is 16.8 Å². The van der Waals surface area contributed by atoms with Crippen molar-refractivity contribution in [2.75, 3.05) is 38.2 Å². The summed E-state index contributed by atoms with van der Waals surface area (Å²) in [5.74, 6) is -0.208. The molecule has 3 heterocycles. The number of pyridine rings is 1. The third-order valence-electron chi connectivity index (χ3n) is 7.49. The highest BCUT2D eigenvalue weighted by atomic mass is 35.5. The highest BCUT2D eigenvalue weighted by molar-refractivity contribution is 6.36. The zero-order valence-electron chi connectivity index (χ0n) is 21.7. The van der Waals surface area contributed by atoms with Gasteiger partial charge < -0.3 is 25.6 Å². The average molecular weight is 572 g/mol. The summed E-state index contributed by atoms with van der Waals surface area (Å²) in [5.41, 5.74) is 8.92. The molecule has 3 aromatic rings. The van der Waals surface area contributed by atoms with E-state index >= 15 is 0 Å². The Morgan fingerprint density at radius 1 is 1.18 bits per heavy atom. The third-order valence-corrected chi connectivity index (χ3v) is 8.21. The molecule has 1 fully saturated rings. The molecule has 3 amide bonds. The van der Waals surface area contributed by atoms with Gasteiger partial charge in [0.2, 0.25) is 5.91 Å². The van der Waals surface area contributed by atoms with Crippen LogP contribution in [0.3, 0.4) is 0 Å². The maximum atomic E-state index is 14.0. The predicted molar refractivity (Wildman–Crippen MR) is 150 cm³/mol. The van der Waals surface area contributed by atoms with Crippen LogP contribution in [0.15, 0.2) is 42.6 Å². The Kier molecular flexibility index (Phi) is 7.07. The summed E-state index contributed by atoms with van der Waals surface area (Å²) >= 11 is 12.4. The Bertz CT molecular complexity index is 1470. The first kappa shape index (κ1) is 27.0. The molecule has 8 nitrogen and oxygen atoms in total. The Labute approximate surface area is 235 Å². The Balaban J connectivity index is 1.40. The molecule has 0 radical (unpaired) electrons. The minimum Gasteiger partial charge on any atom is -0.482 e. The van der Waals surface area contributed by atoms with Gasteiger partial charge in [0.15, 0.2) is 11.6 Å². The van der Waals surface area contributed by atoms with Crippen molar-refractivity contribution < 1.29 is 18.7 Å². The molecule has 3 N–H and O–H groups in total. The molecule has 1 aromatic heterocycles. The van der Waals surface area contributed by atoms with Crippen molar-refractivity contribution in [2.24, 2.45) is 0 Å². The number of piperidine rings is 1. The Morgan fingerprint density at radius 2 is 1.90 bits per heavy atom. The standard InChI is InChI=1S/C28H28Cl2FN5O3/c1-15(23-19(29)6-7-20(31)24(23)30)39-22-13-17(14-33-25(22)32)16-4-5-18-21(12-16)34-26(37)28(18)8-10-36(11-9-28)27(38)35(2)3/h4-7,12-15H,8-11H2,1-3H3,(H2,32,33)(H,34,37)/t15-/m1/s1. The highest BCUT2D eigenvalue weighted by Crippen LogP contribution is 2.46. The monoisotopic (exact) mass is 571 g/mol. The van der Waals surface area contributed by atoms with Crippen LogP contribution in [-0.4, -0.2) is 53.9 Å². The number of carbonyl (C=O) groups excluding carboxylic acids is 2. The quantitative estimate of drug-likeness (QED) is 0.380. The maximum Gasteiger partial charge on any atom is 0.319 e. The molecule has 204 valence electrons. The number of nitrogens with zero attached hydrogens (tertiary/aromatic N) is 3. The largest absolute Gasteiger partial charge is 0.482 e. The Morgan fingerprint density at radius 3 is 2.59 bits per heavy atom. The van der Waals surface area contributed by atoms with Crippen LogP contribution in [0, 0.1) is 5.82 Å². The van der Waals surface area contributed by atoms with Crippen LogP contribution in [0.2, 0.25) is 10.0 Å². The van der Waals surface area contributed by atoms with Crippen LogP contribution < -0.4 is 15.8 Å². The first-order chi connectivity index (χ1) is 18.5. The first-order valence-corrected chi connectivity index (χ1v) is 13.3. The molecule has 0 unspecified atom stereocenters. The normalized spacial score (nSPS) is 16.6. The topological polar surface area (TPSA) is 101 Å². The van der Waals surface area contributed by atoms with Gasteiger partial charge in [-0.05, 0) is 55.2 Å². The highest BCUT2D eigenvalue weighted by Gasteiger charge is 2.49. The van der Waals surface area contributed by atoms with Crippen molar-refractivity contribution in [2.45, 2.75) is 31.3 Å². The fourth-order valence-corrected chi connectivity index (χ4v) is 6.02. The van der Waals surface area contributed by atoms with Crippen LogP contribution in [0.5, 0.6) is 5.75 Å². The molecular weight excluding hydrogens is 544 g/mol. The fraction of sp³-hybridized carbons (Fsp3) is 0.321. The molecule has 5 rings (SSSR count). The van der Waals surface area contributed by atoms with Crippen molar-refractivity contribution in [3.05, 3.63) is 69.6 Å². The lowest BCUT2D eigenvalue weighted by molar-refractivity contribution is -0.122. The number of urea groups is 1. The second-order valence-corrected chi connectivity index (χ2v) is 10.9. The van der Waals surface area contributed by atoms with Crippen LogP contribution in [0.25, 0.3) is 11.1 Å². The van der Waals surface area contributed by atoms with E-state index in [1.807, 2.05) is 18.2 Å². The van der Waals surface area contributed by atoms with E-state index in [9.17, 15) is 14.0 Å². The molecule has 39 heavy (non-hydrogen) atoms. The van der Waals surface area contributed by atoms with Gasteiger partial charge in [-0.25, -0.2) is 14.2 Å². The van der Waals surface area contributed by atoms with E-state index in [1.165, 1.54) is 12.1 Å². The summed E-state index contributed by atoms with van der Waals surface area (Å²) in [6.45, 7) is 2.71. The molecule has 0 saturated carbocycles. The number of hydrogen-bond acceptors (Lipinski definition) is 5. The van der Waals surface area contributed by atoms with Crippen LogP contribution in [0.1, 0.15) is 37.0 Å². The van der Waals surface area contributed by atoms with E-state index in [1.54, 1.807) is 43.1 Å².